The Morgan fingerprint density at radius 3 is 2.53 bits per heavy atom. The summed E-state index contributed by atoms with van der Waals surface area (Å²) in [6, 6.07) is 0. The molecule has 0 saturated heterocycles. The maximum Gasteiger partial charge on any atom is -0.0108 e. The number of hydrogen-bond donors (Lipinski definition) is 0. The first-order chi connectivity index (χ1) is 7.09. The molecule has 0 aromatic carbocycles. The van der Waals surface area contributed by atoms with Gasteiger partial charge in [0.1, 0.15) is 0 Å². The second kappa shape index (κ2) is 3.52. The summed E-state index contributed by atoms with van der Waals surface area (Å²) < 4.78 is 0. The summed E-state index contributed by atoms with van der Waals surface area (Å²) in [6.07, 6.45) is 11.0. The van der Waals surface area contributed by atoms with E-state index in [0.717, 1.165) is 17.4 Å². The highest BCUT2D eigenvalue weighted by molar-refractivity contribution is 5.40. The molecule has 3 aliphatic carbocycles. The van der Waals surface area contributed by atoms with E-state index in [4.69, 9.17) is 0 Å². The Hall–Kier alpha value is -1.04. The van der Waals surface area contributed by atoms with E-state index < -0.39 is 0 Å². The molecular formula is C15H20. The van der Waals surface area contributed by atoms with Gasteiger partial charge in [-0.15, -0.1) is 0 Å². The van der Waals surface area contributed by atoms with E-state index in [0.29, 0.717) is 5.41 Å². The molecule has 0 heterocycles. The summed E-state index contributed by atoms with van der Waals surface area (Å²) in [5, 5.41) is 0. The maximum atomic E-state index is 3.80. The number of allylic oxidation sites excluding steroid dienone is 6. The molecule has 0 radical (unpaired) electrons. The van der Waals surface area contributed by atoms with E-state index in [-0.39, 0.29) is 0 Å². The maximum absolute atomic E-state index is 3.80. The van der Waals surface area contributed by atoms with Gasteiger partial charge in [0, 0.05) is 0 Å². The highest BCUT2D eigenvalue weighted by atomic mass is 14.5. The molecule has 0 amide bonds. The van der Waals surface area contributed by atoms with Crippen LogP contribution in [-0.2, 0) is 0 Å². The van der Waals surface area contributed by atoms with Crippen molar-refractivity contribution in [2.24, 2.45) is 17.3 Å². The van der Waals surface area contributed by atoms with Crippen molar-refractivity contribution in [2.75, 3.05) is 0 Å². The molecule has 3 rings (SSSR count). The predicted octanol–water partition coefficient (Wildman–Crippen LogP) is 4.28. The SMILES string of the molecule is C=CC(C=C)=CC1=CCC2CC1C2(C)C. The number of hydrogen-bond acceptors (Lipinski definition) is 0. The predicted molar refractivity (Wildman–Crippen MR) is 66.6 cm³/mol. The quantitative estimate of drug-likeness (QED) is 0.597. The summed E-state index contributed by atoms with van der Waals surface area (Å²) >= 11 is 0. The number of fused-ring (bicyclic) bond motifs is 1. The minimum atomic E-state index is 0.508. The molecule has 0 aromatic rings. The van der Waals surface area contributed by atoms with E-state index in [1.165, 1.54) is 18.4 Å². The lowest BCUT2D eigenvalue weighted by molar-refractivity contribution is -0.00331. The fourth-order valence-corrected chi connectivity index (χ4v) is 2.96. The average Bonchev–Trinajstić information content (AvgIpc) is 2.25. The van der Waals surface area contributed by atoms with Crippen molar-refractivity contribution in [3.05, 3.63) is 48.6 Å². The molecule has 15 heavy (non-hydrogen) atoms. The molecule has 80 valence electrons. The zero-order valence-corrected chi connectivity index (χ0v) is 9.79. The molecule has 0 aliphatic heterocycles. The van der Waals surface area contributed by atoms with Gasteiger partial charge in [0.15, 0.2) is 0 Å². The molecule has 0 N–H and O–H groups in total. The second-order valence-electron chi connectivity index (χ2n) is 5.30. The van der Waals surface area contributed by atoms with Crippen molar-refractivity contribution < 1.29 is 0 Å². The Morgan fingerprint density at radius 1 is 1.40 bits per heavy atom. The van der Waals surface area contributed by atoms with Gasteiger partial charge in [-0.2, -0.15) is 0 Å². The third-order valence-corrected chi connectivity index (χ3v) is 4.32. The van der Waals surface area contributed by atoms with Crippen LogP contribution in [0.4, 0.5) is 0 Å². The van der Waals surface area contributed by atoms with Crippen molar-refractivity contribution in [3.8, 4) is 0 Å². The van der Waals surface area contributed by atoms with Gasteiger partial charge in [0.05, 0.1) is 0 Å². The molecule has 2 bridgehead atoms. The highest BCUT2D eigenvalue weighted by Gasteiger charge is 2.50. The summed E-state index contributed by atoms with van der Waals surface area (Å²) in [7, 11) is 0. The second-order valence-corrected chi connectivity index (χ2v) is 5.30. The Labute approximate surface area is 93.1 Å². The minimum absolute atomic E-state index is 0.508. The van der Waals surface area contributed by atoms with Crippen LogP contribution in [0.15, 0.2) is 48.6 Å². The molecule has 3 aliphatic rings. The third kappa shape index (κ3) is 1.52. The molecule has 0 heteroatoms. The average molecular weight is 200 g/mol. The lowest BCUT2D eigenvalue weighted by atomic mass is 9.49. The van der Waals surface area contributed by atoms with Gasteiger partial charge in [-0.1, -0.05) is 51.3 Å². The first-order valence-corrected chi connectivity index (χ1v) is 5.76. The molecule has 2 atom stereocenters. The Bertz CT molecular complexity index is 342. The van der Waals surface area contributed by atoms with Gasteiger partial charge >= 0.3 is 0 Å². The van der Waals surface area contributed by atoms with E-state index >= 15 is 0 Å². The standard InChI is InChI=1S/C15H20/c1-5-11(6-2)9-12-7-8-13-10-14(12)15(13,3)4/h5-7,9,13-14H,1-2,8,10H2,3-4H3. The van der Waals surface area contributed by atoms with Gasteiger partial charge in [-0.25, -0.2) is 0 Å². The molecule has 1 fully saturated rings. The first-order valence-electron chi connectivity index (χ1n) is 5.76. The summed E-state index contributed by atoms with van der Waals surface area (Å²) in [6.45, 7) is 12.4. The van der Waals surface area contributed by atoms with Gasteiger partial charge in [-0.05, 0) is 41.2 Å². The van der Waals surface area contributed by atoms with Crippen molar-refractivity contribution in [3.63, 3.8) is 0 Å². The fraction of sp³-hybridized carbons (Fsp3) is 0.467. The zero-order valence-electron chi connectivity index (χ0n) is 9.79. The van der Waals surface area contributed by atoms with Gasteiger partial charge < -0.3 is 0 Å². The molecule has 1 saturated carbocycles. The van der Waals surface area contributed by atoms with Crippen molar-refractivity contribution in [2.45, 2.75) is 26.7 Å². The van der Waals surface area contributed by atoms with Crippen LogP contribution in [0.5, 0.6) is 0 Å². The molecular weight excluding hydrogens is 180 g/mol. The van der Waals surface area contributed by atoms with E-state index in [9.17, 15) is 0 Å². The van der Waals surface area contributed by atoms with Crippen LogP contribution in [0.25, 0.3) is 0 Å². The highest BCUT2D eigenvalue weighted by Crippen LogP contribution is 2.59. The van der Waals surface area contributed by atoms with Crippen LogP contribution in [-0.4, -0.2) is 0 Å². The summed E-state index contributed by atoms with van der Waals surface area (Å²) in [5.74, 6) is 1.67. The molecule has 0 nitrogen and oxygen atoms in total. The monoisotopic (exact) mass is 200 g/mol. The molecule has 0 aromatic heterocycles. The molecule has 0 spiro atoms. The van der Waals surface area contributed by atoms with Crippen LogP contribution in [0.3, 0.4) is 0 Å². The smallest absolute Gasteiger partial charge is 0.0108 e. The van der Waals surface area contributed by atoms with Crippen LogP contribution in [0, 0.1) is 17.3 Å². The molecule has 2 unspecified atom stereocenters. The van der Waals surface area contributed by atoms with E-state index in [2.05, 4.69) is 39.2 Å². The summed E-state index contributed by atoms with van der Waals surface area (Å²) in [5.41, 5.74) is 3.15. The topological polar surface area (TPSA) is 0 Å². The minimum Gasteiger partial charge on any atom is -0.0985 e. The summed E-state index contributed by atoms with van der Waals surface area (Å²) in [4.78, 5) is 0. The van der Waals surface area contributed by atoms with Gasteiger partial charge in [-0.3, -0.25) is 0 Å². The van der Waals surface area contributed by atoms with Gasteiger partial charge in [0.2, 0.25) is 0 Å². The van der Waals surface area contributed by atoms with E-state index in [1.54, 1.807) is 0 Å². The fourth-order valence-electron chi connectivity index (χ4n) is 2.96. The Kier molecular flexibility index (Phi) is 2.46. The van der Waals surface area contributed by atoms with Crippen LogP contribution in [0.2, 0.25) is 0 Å². The van der Waals surface area contributed by atoms with Crippen molar-refractivity contribution in [1.82, 2.24) is 0 Å². The van der Waals surface area contributed by atoms with Crippen LogP contribution >= 0.6 is 0 Å². The van der Waals surface area contributed by atoms with Crippen molar-refractivity contribution >= 4 is 0 Å². The zero-order chi connectivity index (χ0) is 11.1. The third-order valence-electron chi connectivity index (χ3n) is 4.32. The first kappa shape index (κ1) is 10.5. The number of rotatable bonds is 3. The van der Waals surface area contributed by atoms with Crippen LogP contribution < -0.4 is 0 Å². The Balaban J connectivity index is 2.25. The van der Waals surface area contributed by atoms with Gasteiger partial charge in [0.25, 0.3) is 0 Å². The Morgan fingerprint density at radius 2 is 2.07 bits per heavy atom. The lowest BCUT2D eigenvalue weighted by Crippen LogP contribution is -2.47. The normalized spacial score (nSPS) is 30.9. The van der Waals surface area contributed by atoms with Crippen molar-refractivity contribution in [1.29, 1.82) is 0 Å². The largest absolute Gasteiger partial charge is 0.0985 e. The van der Waals surface area contributed by atoms with Crippen LogP contribution in [0.1, 0.15) is 26.7 Å². The lowest BCUT2D eigenvalue weighted by Gasteiger charge is -2.56. The van der Waals surface area contributed by atoms with E-state index in [1.807, 2.05) is 12.2 Å².